The molecule has 5 nitrogen and oxygen atoms in total. The molecule has 2 aliphatic rings. The molecule has 0 radical (unpaired) electrons. The molecule has 1 N–H and O–H groups in total. The number of nitrogens with one attached hydrogen (secondary N) is 1. The Balaban J connectivity index is 1.45. The van der Waals surface area contributed by atoms with Gasteiger partial charge in [0.25, 0.3) is 0 Å². The summed E-state index contributed by atoms with van der Waals surface area (Å²) in [5, 5.41) is 3.08. The lowest BCUT2D eigenvalue weighted by Crippen LogP contribution is -2.33. The van der Waals surface area contributed by atoms with Gasteiger partial charge in [-0.2, -0.15) is 0 Å². The monoisotopic (exact) mass is 380 g/mol. The molecule has 28 heavy (non-hydrogen) atoms. The Morgan fingerprint density at radius 2 is 1.89 bits per heavy atom. The Morgan fingerprint density at radius 1 is 1.07 bits per heavy atom. The third-order valence-electron chi connectivity index (χ3n) is 5.53. The Kier molecular flexibility index (Phi) is 5.53. The molecule has 0 spiro atoms. The Labute approximate surface area is 166 Å². The molecule has 2 aliphatic heterocycles. The lowest BCUT2D eigenvalue weighted by Gasteiger charge is -2.25. The van der Waals surface area contributed by atoms with Crippen LogP contribution in [0.1, 0.15) is 42.0 Å². The van der Waals surface area contributed by atoms with Crippen LogP contribution in [0.15, 0.2) is 36.4 Å². The van der Waals surface area contributed by atoms with Crippen LogP contribution in [-0.4, -0.2) is 37.1 Å². The van der Waals surface area contributed by atoms with Crippen molar-refractivity contribution in [3.8, 4) is 11.5 Å². The zero-order valence-corrected chi connectivity index (χ0v) is 16.7. The summed E-state index contributed by atoms with van der Waals surface area (Å²) in [6, 6.07) is 12.6. The van der Waals surface area contributed by atoms with E-state index >= 15 is 0 Å². The van der Waals surface area contributed by atoms with Crippen molar-refractivity contribution in [3.63, 3.8) is 0 Å². The van der Waals surface area contributed by atoms with Gasteiger partial charge in [-0.25, -0.2) is 0 Å². The molecule has 1 saturated heterocycles. The fourth-order valence-corrected chi connectivity index (χ4v) is 4.02. The summed E-state index contributed by atoms with van der Waals surface area (Å²) in [7, 11) is 0. The third kappa shape index (κ3) is 4.14. The Bertz CT molecular complexity index is 865. The van der Waals surface area contributed by atoms with Crippen LogP contribution in [-0.2, 0) is 4.79 Å². The number of aryl methyl sites for hydroxylation is 2. The van der Waals surface area contributed by atoms with E-state index in [0.29, 0.717) is 19.8 Å². The number of hydrogen-bond acceptors (Lipinski definition) is 4. The molecule has 0 aliphatic carbocycles. The van der Waals surface area contributed by atoms with Crippen molar-refractivity contribution in [2.24, 2.45) is 0 Å². The number of amides is 1. The average Bonchev–Trinajstić information content (AvgIpc) is 3.00. The topological polar surface area (TPSA) is 50.8 Å². The first kappa shape index (κ1) is 18.8. The summed E-state index contributed by atoms with van der Waals surface area (Å²) in [6.45, 7) is 6.76. The number of benzene rings is 2. The highest BCUT2D eigenvalue weighted by Gasteiger charge is 2.28. The van der Waals surface area contributed by atoms with Crippen molar-refractivity contribution in [2.45, 2.75) is 39.2 Å². The first-order chi connectivity index (χ1) is 13.6. The maximum Gasteiger partial charge on any atom is 0.238 e. The van der Waals surface area contributed by atoms with Gasteiger partial charge in [0.2, 0.25) is 5.91 Å². The SMILES string of the molecule is Cc1ccc(C)c(NC(=O)CN2CCC[C@@H]2c2ccc3c(c2)OCCCO3)c1. The van der Waals surface area contributed by atoms with E-state index < -0.39 is 0 Å². The largest absolute Gasteiger partial charge is 0.490 e. The van der Waals surface area contributed by atoms with Gasteiger partial charge < -0.3 is 14.8 Å². The smallest absolute Gasteiger partial charge is 0.238 e. The van der Waals surface area contributed by atoms with Crippen LogP contribution in [0.5, 0.6) is 11.5 Å². The molecule has 0 unspecified atom stereocenters. The quantitative estimate of drug-likeness (QED) is 0.862. The van der Waals surface area contributed by atoms with Crippen molar-refractivity contribution >= 4 is 11.6 Å². The van der Waals surface area contributed by atoms with Crippen molar-refractivity contribution in [1.29, 1.82) is 0 Å². The molecule has 2 heterocycles. The van der Waals surface area contributed by atoms with E-state index in [1.165, 1.54) is 5.56 Å². The molecule has 2 aromatic rings. The molecule has 4 rings (SSSR count). The van der Waals surface area contributed by atoms with E-state index in [1.807, 2.05) is 32.0 Å². The summed E-state index contributed by atoms with van der Waals surface area (Å²) in [5.74, 6) is 1.68. The predicted octanol–water partition coefficient (Wildman–Crippen LogP) is 4.24. The summed E-state index contributed by atoms with van der Waals surface area (Å²) < 4.78 is 11.6. The molecule has 148 valence electrons. The molecule has 0 bridgehead atoms. The second-order valence-corrected chi connectivity index (χ2v) is 7.75. The van der Waals surface area contributed by atoms with E-state index in [9.17, 15) is 4.79 Å². The minimum absolute atomic E-state index is 0.0370. The van der Waals surface area contributed by atoms with Crippen molar-refractivity contribution in [1.82, 2.24) is 4.90 Å². The van der Waals surface area contributed by atoms with Crippen LogP contribution in [0.2, 0.25) is 0 Å². The van der Waals surface area contributed by atoms with Gasteiger partial charge in [-0.3, -0.25) is 9.69 Å². The summed E-state index contributed by atoms with van der Waals surface area (Å²) in [5.41, 5.74) is 4.32. The van der Waals surface area contributed by atoms with Gasteiger partial charge in [0.15, 0.2) is 11.5 Å². The first-order valence-corrected chi connectivity index (χ1v) is 10.1. The predicted molar refractivity (Wildman–Crippen MR) is 110 cm³/mol. The van der Waals surface area contributed by atoms with E-state index in [0.717, 1.165) is 54.1 Å². The maximum atomic E-state index is 12.7. The van der Waals surface area contributed by atoms with Crippen molar-refractivity contribution < 1.29 is 14.3 Å². The Morgan fingerprint density at radius 3 is 2.75 bits per heavy atom. The van der Waals surface area contributed by atoms with Crippen LogP contribution >= 0.6 is 0 Å². The van der Waals surface area contributed by atoms with Gasteiger partial charge >= 0.3 is 0 Å². The van der Waals surface area contributed by atoms with Gasteiger partial charge in [-0.15, -0.1) is 0 Å². The van der Waals surface area contributed by atoms with Gasteiger partial charge in [0.1, 0.15) is 0 Å². The van der Waals surface area contributed by atoms with E-state index in [1.54, 1.807) is 0 Å². The number of rotatable bonds is 4. The zero-order valence-electron chi connectivity index (χ0n) is 16.7. The van der Waals surface area contributed by atoms with E-state index in [-0.39, 0.29) is 11.9 Å². The van der Waals surface area contributed by atoms with Crippen molar-refractivity contribution in [2.75, 3.05) is 31.6 Å². The lowest BCUT2D eigenvalue weighted by atomic mass is 10.0. The highest BCUT2D eigenvalue weighted by Crippen LogP contribution is 2.37. The number of hydrogen-bond donors (Lipinski definition) is 1. The number of fused-ring (bicyclic) bond motifs is 1. The highest BCUT2D eigenvalue weighted by atomic mass is 16.5. The van der Waals surface area contributed by atoms with Crippen LogP contribution in [0.25, 0.3) is 0 Å². The van der Waals surface area contributed by atoms with Gasteiger partial charge in [-0.05, 0) is 68.1 Å². The fourth-order valence-electron chi connectivity index (χ4n) is 4.02. The molecule has 0 aromatic heterocycles. The standard InChI is InChI=1S/C23H28N2O3/c1-16-6-7-17(2)19(13-16)24-23(26)15-25-10-3-5-20(25)18-8-9-21-22(14-18)28-12-4-11-27-21/h6-9,13-14,20H,3-5,10-12,15H2,1-2H3,(H,24,26)/t20-/m1/s1. The molecular weight excluding hydrogens is 352 g/mol. The molecule has 2 aromatic carbocycles. The first-order valence-electron chi connectivity index (χ1n) is 10.1. The number of ether oxygens (including phenoxy) is 2. The minimum Gasteiger partial charge on any atom is -0.490 e. The van der Waals surface area contributed by atoms with Crippen LogP contribution in [0.4, 0.5) is 5.69 Å². The van der Waals surface area contributed by atoms with E-state index in [2.05, 4.69) is 28.4 Å². The minimum atomic E-state index is 0.0370. The normalized spacial score (nSPS) is 19.3. The highest BCUT2D eigenvalue weighted by molar-refractivity contribution is 5.93. The van der Waals surface area contributed by atoms with Crippen LogP contribution in [0.3, 0.4) is 0 Å². The van der Waals surface area contributed by atoms with Crippen LogP contribution in [0, 0.1) is 13.8 Å². The molecule has 1 amide bonds. The van der Waals surface area contributed by atoms with Crippen molar-refractivity contribution in [3.05, 3.63) is 53.1 Å². The molecule has 0 saturated carbocycles. The lowest BCUT2D eigenvalue weighted by molar-refractivity contribution is -0.117. The number of carbonyl (C=O) groups excluding carboxylic acids is 1. The number of likely N-dealkylation sites (tertiary alicyclic amines) is 1. The summed E-state index contributed by atoms with van der Waals surface area (Å²) in [6.07, 6.45) is 3.05. The number of anilines is 1. The zero-order chi connectivity index (χ0) is 19.5. The number of nitrogens with zero attached hydrogens (tertiary/aromatic N) is 1. The molecular formula is C23H28N2O3. The molecule has 1 fully saturated rings. The second-order valence-electron chi connectivity index (χ2n) is 7.75. The number of carbonyl (C=O) groups is 1. The van der Waals surface area contributed by atoms with Crippen LogP contribution < -0.4 is 14.8 Å². The average molecular weight is 380 g/mol. The van der Waals surface area contributed by atoms with Gasteiger partial charge in [0.05, 0.1) is 19.8 Å². The maximum absolute atomic E-state index is 12.7. The molecule has 5 heteroatoms. The van der Waals surface area contributed by atoms with Gasteiger partial charge in [0, 0.05) is 18.2 Å². The summed E-state index contributed by atoms with van der Waals surface area (Å²) in [4.78, 5) is 15.0. The summed E-state index contributed by atoms with van der Waals surface area (Å²) >= 11 is 0. The third-order valence-corrected chi connectivity index (χ3v) is 5.53. The fraction of sp³-hybridized carbons (Fsp3) is 0.435. The van der Waals surface area contributed by atoms with E-state index in [4.69, 9.17) is 9.47 Å². The Hall–Kier alpha value is -2.53. The second kappa shape index (κ2) is 8.23. The molecule has 1 atom stereocenters. The van der Waals surface area contributed by atoms with Gasteiger partial charge in [-0.1, -0.05) is 18.2 Å².